The highest BCUT2D eigenvalue weighted by Gasteiger charge is 2.42. The minimum Gasteiger partial charge on any atom is -0.379 e. The Morgan fingerprint density at radius 1 is 1.28 bits per heavy atom. The molecule has 0 bridgehead atoms. The molecule has 0 radical (unpaired) electrons. The second-order valence-electron chi connectivity index (χ2n) is 7.46. The van der Waals surface area contributed by atoms with Crippen LogP contribution >= 0.6 is 0 Å². The first-order valence-electron chi connectivity index (χ1n) is 9.06. The van der Waals surface area contributed by atoms with Crippen LogP contribution in [-0.4, -0.2) is 41.1 Å². The van der Waals surface area contributed by atoms with Gasteiger partial charge in [-0.25, -0.2) is 8.78 Å². The number of hydrogen-bond acceptors (Lipinski definition) is 3. The summed E-state index contributed by atoms with van der Waals surface area (Å²) < 4.78 is 27.5. The summed E-state index contributed by atoms with van der Waals surface area (Å²) >= 11 is 0. The second kappa shape index (κ2) is 7.38. The smallest absolute Gasteiger partial charge is 0.255 e. The van der Waals surface area contributed by atoms with Crippen LogP contribution in [0.1, 0.15) is 43.2 Å². The van der Waals surface area contributed by atoms with E-state index >= 15 is 0 Å². The minimum absolute atomic E-state index is 0.0436. The van der Waals surface area contributed by atoms with Gasteiger partial charge in [0, 0.05) is 31.7 Å². The van der Waals surface area contributed by atoms with Crippen LogP contribution in [0.3, 0.4) is 0 Å². The number of nitrogens with one attached hydrogen (secondary N) is 1. The predicted molar refractivity (Wildman–Crippen MR) is 90.9 cm³/mol. The number of halogens is 2. The normalized spacial score (nSPS) is 24.5. The molecular formula is C19H26F2N2O2. The quantitative estimate of drug-likeness (QED) is 0.827. The molecule has 1 unspecified atom stereocenters. The molecule has 1 aromatic rings. The maximum atomic E-state index is 13.9. The van der Waals surface area contributed by atoms with Crippen molar-refractivity contribution < 1.29 is 18.7 Å². The van der Waals surface area contributed by atoms with E-state index in [1.165, 1.54) is 25.5 Å². The van der Waals surface area contributed by atoms with Gasteiger partial charge in [0.2, 0.25) is 0 Å². The number of aliphatic hydroxyl groups is 1. The topological polar surface area (TPSA) is 52.6 Å². The molecule has 1 amide bonds. The Labute approximate surface area is 147 Å². The molecule has 2 aliphatic rings. The van der Waals surface area contributed by atoms with Crippen LogP contribution in [0.15, 0.2) is 12.1 Å². The Hall–Kier alpha value is -1.53. The number of carbonyl (C=O) groups is 1. The van der Waals surface area contributed by atoms with E-state index in [4.69, 9.17) is 0 Å². The fraction of sp³-hybridized carbons (Fsp3) is 0.632. The highest BCUT2D eigenvalue weighted by Crippen LogP contribution is 2.30. The Morgan fingerprint density at radius 2 is 2.04 bits per heavy atom. The molecule has 1 saturated carbocycles. The van der Waals surface area contributed by atoms with Gasteiger partial charge in [-0.1, -0.05) is 18.6 Å². The van der Waals surface area contributed by atoms with Crippen molar-refractivity contribution in [3.8, 4) is 0 Å². The van der Waals surface area contributed by atoms with Crippen LogP contribution in [0.5, 0.6) is 0 Å². The first kappa shape index (κ1) is 18.3. The third kappa shape index (κ3) is 3.85. The lowest BCUT2D eigenvalue weighted by Crippen LogP contribution is -2.58. The molecule has 1 aromatic carbocycles. The average molecular weight is 352 g/mol. The zero-order chi connectivity index (χ0) is 18.0. The summed E-state index contributed by atoms with van der Waals surface area (Å²) in [6.45, 7) is 3.04. The summed E-state index contributed by atoms with van der Waals surface area (Å²) in [7, 11) is 0. The van der Waals surface area contributed by atoms with E-state index in [0.717, 1.165) is 25.8 Å². The zero-order valence-corrected chi connectivity index (χ0v) is 14.7. The number of carbonyl (C=O) groups excluding carboxylic acids is 1. The molecule has 6 heteroatoms. The van der Waals surface area contributed by atoms with Gasteiger partial charge in [-0.3, -0.25) is 4.79 Å². The van der Waals surface area contributed by atoms with Crippen LogP contribution in [-0.2, 0) is 11.3 Å². The fourth-order valence-electron chi connectivity index (χ4n) is 3.62. The van der Waals surface area contributed by atoms with Gasteiger partial charge in [0.15, 0.2) is 17.2 Å². The number of hydrogen-bond donors (Lipinski definition) is 2. The summed E-state index contributed by atoms with van der Waals surface area (Å²) in [5.74, 6) is -1.41. The largest absolute Gasteiger partial charge is 0.379 e. The van der Waals surface area contributed by atoms with Gasteiger partial charge in [0.05, 0.1) is 0 Å². The van der Waals surface area contributed by atoms with Crippen LogP contribution in [0.4, 0.5) is 8.78 Å². The lowest BCUT2D eigenvalue weighted by atomic mass is 9.83. The van der Waals surface area contributed by atoms with Crippen LogP contribution in [0.25, 0.3) is 0 Å². The summed E-state index contributed by atoms with van der Waals surface area (Å²) in [4.78, 5) is 14.4. The number of aryl methyl sites for hydroxylation is 1. The van der Waals surface area contributed by atoms with Gasteiger partial charge in [-0.05, 0) is 44.1 Å². The molecular weight excluding hydrogens is 326 g/mol. The van der Waals surface area contributed by atoms with Gasteiger partial charge in [-0.15, -0.1) is 0 Å². The maximum absolute atomic E-state index is 13.9. The van der Waals surface area contributed by atoms with Gasteiger partial charge < -0.3 is 15.3 Å². The van der Waals surface area contributed by atoms with Crippen molar-refractivity contribution in [3.63, 3.8) is 0 Å². The van der Waals surface area contributed by atoms with E-state index in [2.05, 4.69) is 5.32 Å². The minimum atomic E-state index is -1.46. The summed E-state index contributed by atoms with van der Waals surface area (Å²) in [5, 5.41) is 13.7. The molecule has 1 aliphatic carbocycles. The average Bonchev–Trinajstić information content (AvgIpc) is 2.55. The van der Waals surface area contributed by atoms with Crippen molar-refractivity contribution in [3.05, 3.63) is 34.9 Å². The highest BCUT2D eigenvalue weighted by atomic mass is 19.2. The van der Waals surface area contributed by atoms with E-state index in [0.29, 0.717) is 18.9 Å². The zero-order valence-electron chi connectivity index (χ0n) is 14.7. The van der Waals surface area contributed by atoms with E-state index in [-0.39, 0.29) is 30.1 Å². The van der Waals surface area contributed by atoms with Crippen LogP contribution < -0.4 is 5.32 Å². The van der Waals surface area contributed by atoms with Crippen molar-refractivity contribution >= 4 is 5.91 Å². The Kier molecular flexibility index (Phi) is 5.39. The number of rotatable bonds is 6. The third-order valence-electron chi connectivity index (χ3n) is 5.50. The molecule has 2 fully saturated rings. The Morgan fingerprint density at radius 3 is 2.72 bits per heavy atom. The van der Waals surface area contributed by atoms with Gasteiger partial charge in [0.1, 0.15) is 0 Å². The van der Waals surface area contributed by atoms with Gasteiger partial charge in [-0.2, -0.15) is 0 Å². The van der Waals surface area contributed by atoms with Crippen molar-refractivity contribution in [2.24, 2.45) is 5.92 Å². The van der Waals surface area contributed by atoms with Crippen molar-refractivity contribution in [1.29, 1.82) is 0 Å². The third-order valence-corrected chi connectivity index (χ3v) is 5.50. The number of piperidine rings is 1. The van der Waals surface area contributed by atoms with E-state index in [9.17, 15) is 18.7 Å². The molecule has 1 heterocycles. The summed E-state index contributed by atoms with van der Waals surface area (Å²) in [5.41, 5.74) is -1.00. The van der Waals surface area contributed by atoms with Crippen molar-refractivity contribution in [2.75, 3.05) is 19.6 Å². The number of likely N-dealkylation sites (tertiary alicyclic amines) is 1. The van der Waals surface area contributed by atoms with E-state index < -0.39 is 17.2 Å². The number of nitrogens with zero attached hydrogens (tertiary/aromatic N) is 1. The molecule has 2 N–H and O–H groups in total. The van der Waals surface area contributed by atoms with Crippen LogP contribution in [0.2, 0.25) is 0 Å². The lowest BCUT2D eigenvalue weighted by molar-refractivity contribution is -0.157. The first-order chi connectivity index (χ1) is 11.9. The van der Waals surface area contributed by atoms with Crippen LogP contribution in [0, 0.1) is 24.5 Å². The first-order valence-corrected chi connectivity index (χ1v) is 9.06. The molecule has 1 saturated heterocycles. The second-order valence-corrected chi connectivity index (χ2v) is 7.46. The summed E-state index contributed by atoms with van der Waals surface area (Å²) in [6.07, 6.45) is 4.67. The van der Waals surface area contributed by atoms with Crippen molar-refractivity contribution in [2.45, 2.75) is 51.2 Å². The highest BCUT2D eigenvalue weighted by molar-refractivity contribution is 5.86. The van der Waals surface area contributed by atoms with E-state index in [1.807, 2.05) is 0 Å². The monoisotopic (exact) mass is 352 g/mol. The fourth-order valence-corrected chi connectivity index (χ4v) is 3.62. The molecule has 0 aromatic heterocycles. The molecule has 25 heavy (non-hydrogen) atoms. The molecule has 4 nitrogen and oxygen atoms in total. The Balaban J connectivity index is 1.57. The molecule has 0 spiro atoms. The van der Waals surface area contributed by atoms with Gasteiger partial charge in [0.25, 0.3) is 5.91 Å². The maximum Gasteiger partial charge on any atom is 0.255 e. The number of amides is 1. The molecule has 1 aliphatic heterocycles. The molecule has 1 atom stereocenters. The lowest BCUT2D eigenvalue weighted by Gasteiger charge is -2.41. The number of benzene rings is 1. The standard InChI is InChI=1S/C19H26F2N2O2/c1-13-6-7-15(17(21)16(13)20)10-22-12-19(25)8-3-9-23(18(19)24)11-14-4-2-5-14/h6-7,14,22,25H,2-5,8-12H2,1H3. The summed E-state index contributed by atoms with van der Waals surface area (Å²) in [6, 6.07) is 3.05. The van der Waals surface area contributed by atoms with Crippen molar-refractivity contribution in [1.82, 2.24) is 10.2 Å². The Bertz CT molecular complexity index is 649. The van der Waals surface area contributed by atoms with Gasteiger partial charge >= 0.3 is 0 Å². The molecule has 3 rings (SSSR count). The van der Waals surface area contributed by atoms with E-state index in [1.54, 1.807) is 4.90 Å². The molecule has 138 valence electrons. The SMILES string of the molecule is Cc1ccc(CNCC2(O)CCCN(CC3CCC3)C2=O)c(F)c1F. The predicted octanol–water partition coefficient (Wildman–Crippen LogP) is 2.52.